The van der Waals surface area contributed by atoms with Crippen molar-refractivity contribution in [1.29, 1.82) is 0 Å². The Labute approximate surface area is 193 Å². The molecule has 4 aromatic rings. The van der Waals surface area contributed by atoms with Gasteiger partial charge in [-0.15, -0.1) is 11.8 Å². The molecule has 4 rings (SSSR count). The van der Waals surface area contributed by atoms with Crippen LogP contribution in [0.5, 0.6) is 0 Å². The number of halogens is 1. The van der Waals surface area contributed by atoms with Crippen LogP contribution in [0, 0.1) is 0 Å². The van der Waals surface area contributed by atoms with Gasteiger partial charge in [-0.1, -0.05) is 29.8 Å². The number of anilines is 2. The zero-order valence-corrected chi connectivity index (χ0v) is 18.3. The van der Waals surface area contributed by atoms with Gasteiger partial charge in [0, 0.05) is 16.3 Å². The van der Waals surface area contributed by atoms with Crippen LogP contribution < -0.4 is 10.6 Å². The molecule has 0 unspecified atom stereocenters. The van der Waals surface area contributed by atoms with Crippen LogP contribution >= 0.6 is 23.4 Å². The fourth-order valence-corrected chi connectivity index (χ4v) is 3.72. The molecule has 162 valence electrons. The Bertz CT molecular complexity index is 1210. The van der Waals surface area contributed by atoms with E-state index in [9.17, 15) is 9.59 Å². The van der Waals surface area contributed by atoms with E-state index in [-0.39, 0.29) is 17.4 Å². The first-order chi connectivity index (χ1) is 15.6. The van der Waals surface area contributed by atoms with Crippen molar-refractivity contribution in [1.82, 2.24) is 4.98 Å². The van der Waals surface area contributed by atoms with E-state index in [0.717, 1.165) is 11.3 Å². The minimum absolute atomic E-state index is 0.153. The summed E-state index contributed by atoms with van der Waals surface area (Å²) in [7, 11) is 0. The number of hydrogen-bond acceptors (Lipinski definition) is 6. The molecule has 0 aliphatic rings. The number of carbonyl (C=O) groups excluding carboxylic acids is 2. The molecule has 32 heavy (non-hydrogen) atoms. The topological polar surface area (TPSA) is 97.4 Å². The van der Waals surface area contributed by atoms with E-state index in [2.05, 4.69) is 15.6 Å². The van der Waals surface area contributed by atoms with Crippen molar-refractivity contribution in [2.24, 2.45) is 0 Å². The van der Waals surface area contributed by atoms with Crippen LogP contribution in [0.15, 0.2) is 82.0 Å². The molecule has 0 radical (unpaired) electrons. The molecule has 7 nitrogen and oxygen atoms in total. The number of amides is 2. The highest BCUT2D eigenvalue weighted by molar-refractivity contribution is 7.99. The van der Waals surface area contributed by atoms with Gasteiger partial charge in [-0.05, 0) is 42.5 Å². The zero-order valence-electron chi connectivity index (χ0n) is 16.7. The average Bonchev–Trinajstić information content (AvgIpc) is 3.49. The number of oxazole rings is 1. The number of nitrogens with zero attached hydrogens (tertiary/aromatic N) is 1. The summed E-state index contributed by atoms with van der Waals surface area (Å²) in [5, 5.41) is 5.92. The lowest BCUT2D eigenvalue weighted by Gasteiger charge is -2.12. The average molecular weight is 468 g/mol. The fraction of sp³-hybridized carbons (Fsp3) is 0.0870. The Kier molecular flexibility index (Phi) is 6.94. The maximum absolute atomic E-state index is 12.4. The lowest BCUT2D eigenvalue weighted by molar-refractivity contribution is -0.113. The van der Waals surface area contributed by atoms with E-state index < -0.39 is 5.91 Å². The molecule has 0 bridgehead atoms. The van der Waals surface area contributed by atoms with Gasteiger partial charge in [0.05, 0.1) is 29.1 Å². The van der Waals surface area contributed by atoms with E-state index in [4.69, 9.17) is 20.4 Å². The van der Waals surface area contributed by atoms with Gasteiger partial charge in [0.15, 0.2) is 5.76 Å². The van der Waals surface area contributed by atoms with Gasteiger partial charge < -0.3 is 19.5 Å². The van der Waals surface area contributed by atoms with E-state index in [1.807, 2.05) is 30.3 Å². The van der Waals surface area contributed by atoms with E-state index >= 15 is 0 Å². The summed E-state index contributed by atoms with van der Waals surface area (Å²) in [6, 6.07) is 17.6. The number of furan rings is 1. The Balaban J connectivity index is 1.32. The van der Waals surface area contributed by atoms with Crippen LogP contribution in [0.1, 0.15) is 16.2 Å². The Morgan fingerprint density at radius 1 is 0.969 bits per heavy atom. The van der Waals surface area contributed by atoms with Crippen molar-refractivity contribution < 1.29 is 18.4 Å². The van der Waals surface area contributed by atoms with Crippen LogP contribution in [0.4, 0.5) is 11.4 Å². The Morgan fingerprint density at radius 2 is 1.81 bits per heavy atom. The normalized spacial score (nSPS) is 10.7. The maximum atomic E-state index is 12.4. The van der Waals surface area contributed by atoms with Gasteiger partial charge in [-0.25, -0.2) is 4.98 Å². The van der Waals surface area contributed by atoms with Crippen molar-refractivity contribution in [3.05, 3.63) is 89.7 Å². The predicted octanol–water partition coefficient (Wildman–Crippen LogP) is 5.71. The third-order valence-corrected chi connectivity index (χ3v) is 5.51. The predicted molar refractivity (Wildman–Crippen MR) is 125 cm³/mol. The van der Waals surface area contributed by atoms with Gasteiger partial charge in [-0.2, -0.15) is 0 Å². The number of aromatic nitrogens is 1. The number of nitrogens with one attached hydrogen (secondary N) is 2. The highest BCUT2D eigenvalue weighted by atomic mass is 35.5. The summed E-state index contributed by atoms with van der Waals surface area (Å²) in [4.78, 5) is 29.2. The van der Waals surface area contributed by atoms with Gasteiger partial charge in [0.25, 0.3) is 5.91 Å². The zero-order chi connectivity index (χ0) is 22.3. The van der Waals surface area contributed by atoms with Crippen LogP contribution in [0.25, 0.3) is 11.5 Å². The fourth-order valence-electron chi connectivity index (χ4n) is 2.84. The molecule has 0 aliphatic carbocycles. The quantitative estimate of drug-likeness (QED) is 0.344. The number of carbonyl (C=O) groups is 2. The Hall–Kier alpha value is -3.49. The number of benzene rings is 2. The minimum Gasteiger partial charge on any atom is -0.459 e. The summed E-state index contributed by atoms with van der Waals surface area (Å²) in [6.07, 6.45) is 3.00. The molecule has 2 aromatic carbocycles. The monoisotopic (exact) mass is 467 g/mol. The van der Waals surface area contributed by atoms with Gasteiger partial charge >= 0.3 is 0 Å². The van der Waals surface area contributed by atoms with E-state index in [1.165, 1.54) is 18.0 Å². The molecular weight excluding hydrogens is 450 g/mol. The van der Waals surface area contributed by atoms with Crippen LogP contribution in [0.3, 0.4) is 0 Å². The van der Waals surface area contributed by atoms with Crippen molar-refractivity contribution in [3.63, 3.8) is 0 Å². The maximum Gasteiger partial charge on any atom is 0.291 e. The van der Waals surface area contributed by atoms with Crippen molar-refractivity contribution in [2.75, 3.05) is 16.4 Å². The Morgan fingerprint density at radius 3 is 2.59 bits per heavy atom. The molecule has 2 aromatic heterocycles. The summed E-state index contributed by atoms with van der Waals surface area (Å²) < 4.78 is 10.6. The minimum atomic E-state index is -0.442. The molecule has 0 fully saturated rings. The molecule has 0 spiro atoms. The van der Waals surface area contributed by atoms with Crippen LogP contribution in [0.2, 0.25) is 5.02 Å². The molecule has 2 heterocycles. The van der Waals surface area contributed by atoms with Gasteiger partial charge in [0.2, 0.25) is 11.8 Å². The smallest absolute Gasteiger partial charge is 0.291 e. The van der Waals surface area contributed by atoms with E-state index in [0.29, 0.717) is 28.0 Å². The van der Waals surface area contributed by atoms with Crippen molar-refractivity contribution in [3.8, 4) is 11.5 Å². The molecule has 0 aliphatic heterocycles. The SMILES string of the molecule is O=C(CSCc1coc(-c2ccccc2)n1)Nc1ccc(Cl)cc1NC(=O)c1ccco1. The highest BCUT2D eigenvalue weighted by Crippen LogP contribution is 2.27. The molecule has 2 N–H and O–H groups in total. The highest BCUT2D eigenvalue weighted by Gasteiger charge is 2.14. The molecule has 2 amide bonds. The summed E-state index contributed by atoms with van der Waals surface area (Å²) in [6.45, 7) is 0. The second-order valence-electron chi connectivity index (χ2n) is 6.67. The van der Waals surface area contributed by atoms with E-state index in [1.54, 1.807) is 36.6 Å². The number of thioether (sulfide) groups is 1. The number of rotatable bonds is 8. The standard InChI is InChI=1S/C23H18ClN3O4S/c24-16-8-9-18(19(11-16)27-22(29)20-7-4-10-30-20)26-21(28)14-32-13-17-12-31-23(25-17)15-5-2-1-3-6-15/h1-12H,13-14H2,(H,26,28)(H,27,29). The summed E-state index contributed by atoms with van der Waals surface area (Å²) in [5.41, 5.74) is 2.46. The van der Waals surface area contributed by atoms with Crippen LogP contribution in [-0.2, 0) is 10.5 Å². The number of hydrogen-bond donors (Lipinski definition) is 2. The first-order valence-corrected chi connectivity index (χ1v) is 11.1. The lowest BCUT2D eigenvalue weighted by atomic mass is 10.2. The largest absolute Gasteiger partial charge is 0.459 e. The first kappa shape index (κ1) is 21.7. The molecule has 0 saturated heterocycles. The first-order valence-electron chi connectivity index (χ1n) is 9.60. The summed E-state index contributed by atoms with van der Waals surface area (Å²) >= 11 is 7.45. The van der Waals surface area contributed by atoms with Crippen molar-refractivity contribution in [2.45, 2.75) is 5.75 Å². The van der Waals surface area contributed by atoms with Gasteiger partial charge in [-0.3, -0.25) is 9.59 Å². The molecule has 9 heteroatoms. The second kappa shape index (κ2) is 10.2. The summed E-state index contributed by atoms with van der Waals surface area (Å²) in [5.74, 6) is 0.748. The third-order valence-electron chi connectivity index (χ3n) is 4.30. The van der Waals surface area contributed by atoms with Crippen LogP contribution in [-0.4, -0.2) is 22.6 Å². The van der Waals surface area contributed by atoms with Gasteiger partial charge in [0.1, 0.15) is 6.26 Å². The second-order valence-corrected chi connectivity index (χ2v) is 8.09. The molecular formula is C23H18ClN3O4S. The molecule has 0 saturated carbocycles. The molecule has 0 atom stereocenters. The third kappa shape index (κ3) is 5.60. The van der Waals surface area contributed by atoms with Crippen molar-refractivity contribution >= 4 is 46.6 Å². The lowest BCUT2D eigenvalue weighted by Crippen LogP contribution is -2.17.